The Kier molecular flexibility index (Phi) is 5.95. The van der Waals surface area contributed by atoms with Crippen LogP contribution in [-0.4, -0.2) is 28.7 Å². The minimum Gasteiger partial charge on any atom is -0.334 e. The van der Waals surface area contributed by atoms with Gasteiger partial charge in [0.25, 0.3) is 5.91 Å². The molecule has 3 amide bonds. The first-order valence-corrected chi connectivity index (χ1v) is 5.68. The first-order valence-electron chi connectivity index (χ1n) is 5.68. The maximum absolute atomic E-state index is 11.6. The second-order valence-corrected chi connectivity index (χ2v) is 5.51. The number of urea groups is 1. The fourth-order valence-electron chi connectivity index (χ4n) is 1.32. The zero-order valence-electron chi connectivity index (χ0n) is 11.1. The summed E-state index contributed by atoms with van der Waals surface area (Å²) in [4.78, 5) is 22.9. The summed E-state index contributed by atoms with van der Waals surface area (Å²) in [5.41, 5.74) is 1.18. The maximum Gasteiger partial charge on any atom is 0.315 e. The Balaban J connectivity index is 4.43. The van der Waals surface area contributed by atoms with Crippen LogP contribution in [0.4, 0.5) is 4.79 Å². The van der Waals surface area contributed by atoms with Crippen molar-refractivity contribution in [3.05, 3.63) is 0 Å². The Morgan fingerprint density at radius 1 is 1.24 bits per heavy atom. The Morgan fingerprint density at radius 2 is 1.76 bits per heavy atom. The van der Waals surface area contributed by atoms with Gasteiger partial charge in [0.1, 0.15) is 6.04 Å². The number of carbonyl (C=O) groups is 2. The molecule has 4 N–H and O–H groups in total. The molecular formula is C11H23N3O3. The predicted molar refractivity (Wildman–Crippen MR) is 64.6 cm³/mol. The summed E-state index contributed by atoms with van der Waals surface area (Å²) in [7, 11) is 0. The molecule has 0 heterocycles. The van der Waals surface area contributed by atoms with Crippen molar-refractivity contribution in [3.63, 3.8) is 0 Å². The fourth-order valence-corrected chi connectivity index (χ4v) is 1.32. The number of rotatable bonds is 4. The molecule has 0 fully saturated rings. The molecule has 6 nitrogen and oxygen atoms in total. The van der Waals surface area contributed by atoms with Crippen LogP contribution in [0.3, 0.4) is 0 Å². The molecule has 0 aliphatic carbocycles. The van der Waals surface area contributed by atoms with E-state index in [0.717, 1.165) is 0 Å². The van der Waals surface area contributed by atoms with Crippen molar-refractivity contribution in [3.8, 4) is 0 Å². The van der Waals surface area contributed by atoms with Gasteiger partial charge in [-0.2, -0.15) is 0 Å². The van der Waals surface area contributed by atoms with Crippen molar-refractivity contribution in [1.82, 2.24) is 16.1 Å². The summed E-state index contributed by atoms with van der Waals surface area (Å²) in [5.74, 6) is -0.380. The lowest BCUT2D eigenvalue weighted by Gasteiger charge is -2.24. The monoisotopic (exact) mass is 245 g/mol. The van der Waals surface area contributed by atoms with Crippen LogP contribution in [0.25, 0.3) is 0 Å². The van der Waals surface area contributed by atoms with Crippen molar-refractivity contribution in [2.45, 2.75) is 52.6 Å². The standard InChI is InChI=1S/C11H23N3O3/c1-7(2)6-8(9(15)14-17)12-10(16)13-11(3,4)5/h7-8,17H,6H2,1-5H3,(H,14,15)(H2,12,13,16)/t8-/m0/s1. The van der Waals surface area contributed by atoms with Gasteiger partial charge in [-0.15, -0.1) is 0 Å². The van der Waals surface area contributed by atoms with Crippen molar-refractivity contribution >= 4 is 11.9 Å². The highest BCUT2D eigenvalue weighted by atomic mass is 16.5. The van der Waals surface area contributed by atoms with Crippen LogP contribution in [-0.2, 0) is 4.79 Å². The zero-order chi connectivity index (χ0) is 13.6. The average Bonchev–Trinajstić information content (AvgIpc) is 2.11. The van der Waals surface area contributed by atoms with Gasteiger partial charge in [0.05, 0.1) is 0 Å². The molecule has 17 heavy (non-hydrogen) atoms. The van der Waals surface area contributed by atoms with Crippen molar-refractivity contribution < 1.29 is 14.8 Å². The van der Waals surface area contributed by atoms with Gasteiger partial charge in [-0.25, -0.2) is 10.3 Å². The van der Waals surface area contributed by atoms with Gasteiger partial charge in [-0.05, 0) is 33.1 Å². The quantitative estimate of drug-likeness (QED) is 0.440. The molecule has 100 valence electrons. The van der Waals surface area contributed by atoms with Gasteiger partial charge in [-0.3, -0.25) is 10.0 Å². The Morgan fingerprint density at radius 3 is 2.12 bits per heavy atom. The third-order valence-electron chi connectivity index (χ3n) is 1.93. The maximum atomic E-state index is 11.6. The molecule has 0 aromatic heterocycles. The zero-order valence-corrected chi connectivity index (χ0v) is 11.1. The Bertz CT molecular complexity index is 272. The van der Waals surface area contributed by atoms with Crippen LogP contribution < -0.4 is 16.1 Å². The largest absolute Gasteiger partial charge is 0.334 e. The van der Waals surface area contributed by atoms with E-state index in [4.69, 9.17) is 5.21 Å². The molecule has 0 aromatic rings. The van der Waals surface area contributed by atoms with E-state index in [9.17, 15) is 9.59 Å². The normalized spacial score (nSPS) is 13.1. The number of hydroxylamine groups is 1. The minimum atomic E-state index is -0.734. The lowest BCUT2D eigenvalue weighted by atomic mass is 10.0. The summed E-state index contributed by atoms with van der Waals surface area (Å²) in [5, 5.41) is 13.8. The first-order chi connectivity index (χ1) is 7.65. The van der Waals surface area contributed by atoms with Crippen molar-refractivity contribution in [2.75, 3.05) is 0 Å². The van der Waals surface area contributed by atoms with E-state index in [2.05, 4.69) is 10.6 Å². The number of carbonyl (C=O) groups excluding carboxylic acids is 2. The van der Waals surface area contributed by atoms with Gasteiger partial charge in [0.2, 0.25) is 0 Å². The lowest BCUT2D eigenvalue weighted by Crippen LogP contribution is -2.53. The minimum absolute atomic E-state index is 0.229. The summed E-state index contributed by atoms with van der Waals surface area (Å²) in [6.07, 6.45) is 0.462. The van der Waals surface area contributed by atoms with E-state index >= 15 is 0 Å². The summed E-state index contributed by atoms with van der Waals surface area (Å²) >= 11 is 0. The molecule has 0 rings (SSSR count). The number of hydrogen-bond acceptors (Lipinski definition) is 3. The molecule has 1 atom stereocenters. The van der Waals surface area contributed by atoms with Crippen LogP contribution in [0.5, 0.6) is 0 Å². The summed E-state index contributed by atoms with van der Waals surface area (Å²) in [6, 6.07) is -1.16. The van der Waals surface area contributed by atoms with Gasteiger partial charge < -0.3 is 10.6 Å². The van der Waals surface area contributed by atoms with Gasteiger partial charge in [-0.1, -0.05) is 13.8 Å². The van der Waals surface area contributed by atoms with Gasteiger partial charge >= 0.3 is 6.03 Å². The molecule has 0 bridgehead atoms. The molecule has 0 aromatic carbocycles. The number of amides is 3. The van der Waals surface area contributed by atoms with Crippen LogP contribution >= 0.6 is 0 Å². The number of hydrogen-bond donors (Lipinski definition) is 4. The highest BCUT2D eigenvalue weighted by molar-refractivity contribution is 5.86. The molecule has 0 saturated heterocycles. The van der Waals surface area contributed by atoms with Crippen molar-refractivity contribution in [2.24, 2.45) is 5.92 Å². The third-order valence-corrected chi connectivity index (χ3v) is 1.93. The van der Waals surface area contributed by atoms with E-state index in [1.807, 2.05) is 34.6 Å². The van der Waals surface area contributed by atoms with Crippen LogP contribution in [0.15, 0.2) is 0 Å². The van der Waals surface area contributed by atoms with E-state index in [1.54, 1.807) is 5.48 Å². The Labute approximate surface area is 102 Å². The van der Waals surface area contributed by atoms with E-state index in [-0.39, 0.29) is 11.5 Å². The second kappa shape index (κ2) is 6.44. The molecule has 0 radical (unpaired) electrons. The average molecular weight is 245 g/mol. The summed E-state index contributed by atoms with van der Waals surface area (Å²) in [6.45, 7) is 9.39. The molecule has 0 spiro atoms. The smallest absolute Gasteiger partial charge is 0.315 e. The topological polar surface area (TPSA) is 90.5 Å². The molecule has 6 heteroatoms. The van der Waals surface area contributed by atoms with Crippen LogP contribution in [0.1, 0.15) is 41.0 Å². The van der Waals surface area contributed by atoms with Crippen LogP contribution in [0, 0.1) is 5.92 Å². The second-order valence-electron chi connectivity index (χ2n) is 5.51. The Hall–Kier alpha value is -1.30. The highest BCUT2D eigenvalue weighted by Crippen LogP contribution is 2.05. The lowest BCUT2D eigenvalue weighted by molar-refractivity contribution is -0.131. The van der Waals surface area contributed by atoms with Gasteiger partial charge in [0, 0.05) is 5.54 Å². The van der Waals surface area contributed by atoms with E-state index < -0.39 is 18.0 Å². The predicted octanol–water partition coefficient (Wildman–Crippen LogP) is 1.00. The van der Waals surface area contributed by atoms with E-state index in [1.165, 1.54) is 0 Å². The van der Waals surface area contributed by atoms with Crippen molar-refractivity contribution in [1.29, 1.82) is 0 Å². The summed E-state index contributed by atoms with van der Waals surface area (Å²) < 4.78 is 0. The van der Waals surface area contributed by atoms with Gasteiger partial charge in [0.15, 0.2) is 0 Å². The molecular weight excluding hydrogens is 222 g/mol. The third kappa shape index (κ3) is 7.57. The first kappa shape index (κ1) is 15.7. The fraction of sp³-hybridized carbons (Fsp3) is 0.818. The molecule has 0 saturated carbocycles. The SMILES string of the molecule is CC(C)C[C@H](NC(=O)NC(C)(C)C)C(=O)NO. The number of nitrogens with one attached hydrogen (secondary N) is 3. The molecule has 0 aliphatic heterocycles. The van der Waals surface area contributed by atoms with E-state index in [0.29, 0.717) is 6.42 Å². The molecule has 0 aliphatic rings. The molecule has 0 unspecified atom stereocenters. The van der Waals surface area contributed by atoms with Crippen LogP contribution in [0.2, 0.25) is 0 Å². The highest BCUT2D eigenvalue weighted by Gasteiger charge is 2.23.